The molecule has 5 rings (SSSR count). The third-order valence-electron chi connectivity index (χ3n) is 7.37. The highest BCUT2D eigenvalue weighted by Gasteiger charge is 2.51. The van der Waals surface area contributed by atoms with E-state index in [-0.39, 0.29) is 29.4 Å². The van der Waals surface area contributed by atoms with Crippen molar-refractivity contribution in [1.29, 1.82) is 0 Å². The molecular weight excluding hydrogens is 421 g/mol. The molecule has 2 aliphatic heterocycles. The van der Waals surface area contributed by atoms with Gasteiger partial charge in [-0.25, -0.2) is 9.97 Å². The van der Waals surface area contributed by atoms with Crippen LogP contribution < -0.4 is 4.90 Å². The Kier molecular flexibility index (Phi) is 5.27. The SMILES string of the molecule is O=C1N([C@H]2CC[C@H](O)CC2)CC[C@@]12CCCN(c1nc(C(F)(F)F)nc3ccccc13)C2. The Morgan fingerprint density at radius 3 is 2.53 bits per heavy atom. The molecule has 2 saturated heterocycles. The molecule has 9 heteroatoms. The lowest BCUT2D eigenvalue weighted by Gasteiger charge is -2.41. The largest absolute Gasteiger partial charge is 0.451 e. The highest BCUT2D eigenvalue weighted by Crippen LogP contribution is 2.44. The van der Waals surface area contributed by atoms with Crippen LogP contribution in [-0.4, -0.2) is 57.7 Å². The number of fused-ring (bicyclic) bond motifs is 1. The van der Waals surface area contributed by atoms with Gasteiger partial charge in [-0.05, 0) is 57.1 Å². The van der Waals surface area contributed by atoms with Crippen molar-refractivity contribution >= 4 is 22.6 Å². The number of para-hydroxylation sites is 1. The summed E-state index contributed by atoms with van der Waals surface area (Å²) in [6.07, 6.45) is 0.273. The number of amides is 1. The van der Waals surface area contributed by atoms with Crippen molar-refractivity contribution in [3.05, 3.63) is 30.1 Å². The first-order valence-electron chi connectivity index (χ1n) is 11.3. The minimum absolute atomic E-state index is 0.109. The summed E-state index contributed by atoms with van der Waals surface area (Å²) in [5, 5.41) is 10.4. The molecule has 3 aliphatic rings. The number of nitrogens with zero attached hydrogens (tertiary/aromatic N) is 4. The highest BCUT2D eigenvalue weighted by molar-refractivity contribution is 5.91. The van der Waals surface area contributed by atoms with E-state index in [4.69, 9.17) is 0 Å². The van der Waals surface area contributed by atoms with Crippen LogP contribution in [0.1, 0.15) is 50.8 Å². The van der Waals surface area contributed by atoms with Gasteiger partial charge in [-0.1, -0.05) is 12.1 Å². The van der Waals surface area contributed by atoms with Crippen LogP contribution in [0.4, 0.5) is 19.0 Å². The predicted molar refractivity (Wildman–Crippen MR) is 113 cm³/mol. The van der Waals surface area contributed by atoms with E-state index in [0.29, 0.717) is 44.3 Å². The molecule has 3 heterocycles. The summed E-state index contributed by atoms with van der Waals surface area (Å²) >= 11 is 0. The number of anilines is 1. The van der Waals surface area contributed by atoms with Gasteiger partial charge < -0.3 is 14.9 Å². The number of aliphatic hydroxyl groups is 1. The number of hydrogen-bond acceptors (Lipinski definition) is 5. The number of aromatic nitrogens is 2. The van der Waals surface area contributed by atoms with Gasteiger partial charge in [0.1, 0.15) is 5.82 Å². The lowest BCUT2D eigenvalue weighted by molar-refractivity contribution is -0.144. The maximum absolute atomic E-state index is 13.6. The minimum Gasteiger partial charge on any atom is -0.393 e. The zero-order valence-corrected chi connectivity index (χ0v) is 17.8. The maximum atomic E-state index is 13.6. The minimum atomic E-state index is -4.64. The first-order chi connectivity index (χ1) is 15.3. The average Bonchev–Trinajstić information content (AvgIpc) is 3.08. The summed E-state index contributed by atoms with van der Waals surface area (Å²) in [4.78, 5) is 25.0. The third-order valence-corrected chi connectivity index (χ3v) is 7.37. The van der Waals surface area contributed by atoms with E-state index in [1.165, 1.54) is 0 Å². The fraction of sp³-hybridized carbons (Fsp3) is 0.609. The molecule has 1 amide bonds. The van der Waals surface area contributed by atoms with Gasteiger partial charge in [0, 0.05) is 31.1 Å². The smallest absolute Gasteiger partial charge is 0.393 e. The van der Waals surface area contributed by atoms with Crippen LogP contribution >= 0.6 is 0 Å². The van der Waals surface area contributed by atoms with E-state index in [1.807, 2.05) is 9.80 Å². The van der Waals surface area contributed by atoms with Crippen molar-refractivity contribution in [3.8, 4) is 0 Å². The summed E-state index contributed by atoms with van der Waals surface area (Å²) in [5.41, 5.74) is -0.330. The molecule has 0 bridgehead atoms. The molecule has 32 heavy (non-hydrogen) atoms. The predicted octanol–water partition coefficient (Wildman–Crippen LogP) is 3.77. The number of likely N-dealkylation sites (tertiary alicyclic amines) is 1. The van der Waals surface area contributed by atoms with Gasteiger partial charge in [-0.15, -0.1) is 0 Å². The van der Waals surface area contributed by atoms with Gasteiger partial charge in [-0.2, -0.15) is 13.2 Å². The van der Waals surface area contributed by atoms with Crippen LogP contribution in [0.15, 0.2) is 24.3 Å². The van der Waals surface area contributed by atoms with Crippen LogP contribution in [-0.2, 0) is 11.0 Å². The molecule has 1 aromatic heterocycles. The zero-order valence-electron chi connectivity index (χ0n) is 17.8. The molecule has 172 valence electrons. The van der Waals surface area contributed by atoms with Gasteiger partial charge in [0.25, 0.3) is 0 Å². The Labute approximate surface area is 184 Å². The van der Waals surface area contributed by atoms with Crippen LogP contribution in [0, 0.1) is 5.41 Å². The number of halogens is 3. The molecule has 1 aromatic carbocycles. The van der Waals surface area contributed by atoms with Crippen molar-refractivity contribution in [3.63, 3.8) is 0 Å². The highest BCUT2D eigenvalue weighted by atomic mass is 19.4. The molecule has 0 radical (unpaired) electrons. The summed E-state index contributed by atoms with van der Waals surface area (Å²) in [7, 11) is 0. The molecule has 1 atom stereocenters. The van der Waals surface area contributed by atoms with Crippen LogP contribution in [0.3, 0.4) is 0 Å². The molecule has 1 spiro atoms. The monoisotopic (exact) mass is 448 g/mol. The fourth-order valence-corrected chi connectivity index (χ4v) is 5.68. The second-order valence-corrected chi connectivity index (χ2v) is 9.40. The Morgan fingerprint density at radius 2 is 1.78 bits per heavy atom. The second-order valence-electron chi connectivity index (χ2n) is 9.40. The lowest BCUT2D eigenvalue weighted by Crippen LogP contribution is -2.50. The number of alkyl halides is 3. The van der Waals surface area contributed by atoms with E-state index < -0.39 is 17.4 Å². The topological polar surface area (TPSA) is 69.6 Å². The van der Waals surface area contributed by atoms with E-state index in [9.17, 15) is 23.1 Å². The van der Waals surface area contributed by atoms with E-state index >= 15 is 0 Å². The number of piperidine rings is 1. The molecule has 3 fully saturated rings. The zero-order chi connectivity index (χ0) is 22.5. The van der Waals surface area contributed by atoms with Crippen molar-refractivity contribution in [2.75, 3.05) is 24.5 Å². The first-order valence-corrected chi connectivity index (χ1v) is 11.3. The van der Waals surface area contributed by atoms with Gasteiger partial charge in [-0.3, -0.25) is 4.79 Å². The molecular formula is C23H27F3N4O2. The molecule has 1 saturated carbocycles. The van der Waals surface area contributed by atoms with Crippen LogP contribution in [0.5, 0.6) is 0 Å². The Morgan fingerprint density at radius 1 is 1.03 bits per heavy atom. The quantitative estimate of drug-likeness (QED) is 0.758. The molecule has 2 aromatic rings. The van der Waals surface area contributed by atoms with E-state index in [1.54, 1.807) is 24.3 Å². The lowest BCUT2D eigenvalue weighted by atomic mass is 9.78. The Balaban J connectivity index is 1.45. The Hall–Kier alpha value is -2.42. The van der Waals surface area contributed by atoms with Crippen LogP contribution in [0.2, 0.25) is 0 Å². The fourth-order valence-electron chi connectivity index (χ4n) is 5.68. The molecule has 0 unspecified atom stereocenters. The van der Waals surface area contributed by atoms with Crippen LogP contribution in [0.25, 0.3) is 10.9 Å². The van der Waals surface area contributed by atoms with Gasteiger partial charge in [0.05, 0.1) is 17.0 Å². The summed E-state index contributed by atoms with van der Waals surface area (Å²) in [6.45, 7) is 1.60. The molecule has 1 N–H and O–H groups in total. The maximum Gasteiger partial charge on any atom is 0.451 e. The third kappa shape index (κ3) is 3.70. The normalized spacial score (nSPS) is 29.3. The summed E-state index contributed by atoms with van der Waals surface area (Å²) in [6, 6.07) is 6.88. The van der Waals surface area contributed by atoms with Gasteiger partial charge in [0.15, 0.2) is 0 Å². The Bertz CT molecular complexity index is 1020. The van der Waals surface area contributed by atoms with Gasteiger partial charge >= 0.3 is 6.18 Å². The number of rotatable bonds is 2. The standard InChI is InChI=1S/C23H27F3N4O2/c24-23(25,26)20-27-18-5-2-1-4-17(18)19(28-20)29-12-3-10-22(14-29)11-13-30(21(22)32)15-6-8-16(31)9-7-15/h1-2,4-5,15-16,31H,3,6-14H2/t15-,16-,22-/m1/s1. The number of benzene rings is 1. The van der Waals surface area contributed by atoms with Gasteiger partial charge in [0.2, 0.25) is 11.7 Å². The average molecular weight is 448 g/mol. The van der Waals surface area contributed by atoms with Crippen molar-refractivity contribution in [2.24, 2.45) is 5.41 Å². The molecule has 6 nitrogen and oxygen atoms in total. The van der Waals surface area contributed by atoms with Crippen molar-refractivity contribution in [2.45, 2.75) is 63.3 Å². The van der Waals surface area contributed by atoms with Crippen molar-refractivity contribution in [1.82, 2.24) is 14.9 Å². The number of aliphatic hydroxyl groups excluding tert-OH is 1. The summed E-state index contributed by atoms with van der Waals surface area (Å²) in [5.74, 6) is -0.780. The number of carbonyl (C=O) groups is 1. The first kappa shape index (κ1) is 21.4. The number of hydrogen-bond donors (Lipinski definition) is 1. The van der Waals surface area contributed by atoms with E-state index in [0.717, 1.165) is 25.7 Å². The van der Waals surface area contributed by atoms with Crippen molar-refractivity contribution < 1.29 is 23.1 Å². The second kappa shape index (κ2) is 7.86. The number of carbonyl (C=O) groups excluding carboxylic acids is 1. The van der Waals surface area contributed by atoms with E-state index in [2.05, 4.69) is 9.97 Å². The molecule has 1 aliphatic carbocycles. The summed E-state index contributed by atoms with van der Waals surface area (Å²) < 4.78 is 40.4.